The lowest BCUT2D eigenvalue weighted by molar-refractivity contribution is -0.132. The number of nitrogens with one attached hydrogen (secondary N) is 1. The van der Waals surface area contributed by atoms with Crippen LogP contribution in [-0.4, -0.2) is 64.4 Å². The van der Waals surface area contributed by atoms with Gasteiger partial charge in [0.05, 0.1) is 12.4 Å². The fraction of sp³-hybridized carbons (Fsp3) is 0.375. The average molecular weight is 484 g/mol. The molecular formula is C24H29N5O2S2. The van der Waals surface area contributed by atoms with E-state index in [4.69, 9.17) is 4.74 Å². The van der Waals surface area contributed by atoms with Crippen LogP contribution >= 0.6 is 23.1 Å². The van der Waals surface area contributed by atoms with Crippen LogP contribution < -0.4 is 10.1 Å². The van der Waals surface area contributed by atoms with E-state index in [0.29, 0.717) is 6.54 Å². The number of ether oxygens (including phenoxy) is 1. The summed E-state index contributed by atoms with van der Waals surface area (Å²) in [5, 5.41) is 12.3. The summed E-state index contributed by atoms with van der Waals surface area (Å²) in [6, 6.07) is 18.4. The number of nitrogens with zero attached hydrogens (tertiary/aromatic N) is 4. The Morgan fingerprint density at radius 2 is 1.79 bits per heavy atom. The van der Waals surface area contributed by atoms with Crippen molar-refractivity contribution in [3.63, 3.8) is 0 Å². The van der Waals surface area contributed by atoms with Crippen LogP contribution in [0.1, 0.15) is 18.1 Å². The average Bonchev–Trinajstić information content (AvgIpc) is 3.31. The molecule has 0 bridgehead atoms. The Balaban J connectivity index is 1.21. The number of hydrogen-bond acceptors (Lipinski definition) is 8. The van der Waals surface area contributed by atoms with Gasteiger partial charge in [0.15, 0.2) is 4.34 Å². The molecule has 7 nitrogen and oxygen atoms in total. The maximum atomic E-state index is 13.0. The summed E-state index contributed by atoms with van der Waals surface area (Å²) >= 11 is 2.96. The third kappa shape index (κ3) is 6.69. The summed E-state index contributed by atoms with van der Waals surface area (Å²) in [6.45, 7) is 6.87. The first-order valence-corrected chi connectivity index (χ1v) is 12.7. The van der Waals surface area contributed by atoms with E-state index in [1.807, 2.05) is 42.2 Å². The molecule has 1 aromatic heterocycles. The number of carbonyl (C=O) groups is 1. The molecular weight excluding hydrogens is 454 g/mol. The van der Waals surface area contributed by atoms with Crippen LogP contribution in [0.25, 0.3) is 0 Å². The standard InChI is InChI=1S/C24H29N5O2S2/c1-18(22(30)29-14-12-28(13-15-29)17-20-6-4-3-5-7-20)32-24-27-26-23(33-24)25-16-19-8-10-21(31-2)11-9-19/h3-11,18H,12-17H2,1-2H3,(H,25,26). The zero-order valence-corrected chi connectivity index (χ0v) is 20.6. The van der Waals surface area contributed by atoms with Crippen molar-refractivity contribution in [2.45, 2.75) is 29.6 Å². The Hall–Kier alpha value is -2.62. The molecule has 9 heteroatoms. The minimum atomic E-state index is -0.187. The van der Waals surface area contributed by atoms with E-state index >= 15 is 0 Å². The molecule has 4 rings (SSSR count). The van der Waals surface area contributed by atoms with Gasteiger partial charge in [0.2, 0.25) is 11.0 Å². The molecule has 0 spiro atoms. The van der Waals surface area contributed by atoms with Crippen LogP contribution in [0.5, 0.6) is 5.75 Å². The van der Waals surface area contributed by atoms with E-state index in [0.717, 1.165) is 53.5 Å². The molecule has 1 fully saturated rings. The molecule has 2 aromatic carbocycles. The van der Waals surface area contributed by atoms with Gasteiger partial charge in [-0.05, 0) is 30.2 Å². The predicted octanol–water partition coefficient (Wildman–Crippen LogP) is 3.98. The number of carbonyl (C=O) groups excluding carboxylic acids is 1. The zero-order valence-electron chi connectivity index (χ0n) is 18.9. The summed E-state index contributed by atoms with van der Waals surface area (Å²) in [7, 11) is 1.66. The van der Waals surface area contributed by atoms with E-state index < -0.39 is 0 Å². The summed E-state index contributed by atoms with van der Waals surface area (Å²) < 4.78 is 5.99. The van der Waals surface area contributed by atoms with Crippen molar-refractivity contribution in [3.8, 4) is 5.75 Å². The van der Waals surface area contributed by atoms with Crippen molar-refractivity contribution in [1.29, 1.82) is 0 Å². The van der Waals surface area contributed by atoms with Crippen molar-refractivity contribution in [2.75, 3.05) is 38.6 Å². The van der Waals surface area contributed by atoms with Gasteiger partial charge in [0.25, 0.3) is 0 Å². The minimum Gasteiger partial charge on any atom is -0.497 e. The molecule has 1 unspecified atom stereocenters. The number of anilines is 1. The number of hydrogen-bond donors (Lipinski definition) is 1. The number of thioether (sulfide) groups is 1. The molecule has 1 amide bonds. The number of benzene rings is 2. The molecule has 1 aliphatic heterocycles. The molecule has 1 saturated heterocycles. The number of amides is 1. The molecule has 2 heterocycles. The summed E-state index contributed by atoms with van der Waals surface area (Å²) in [6.07, 6.45) is 0. The quantitative estimate of drug-likeness (QED) is 0.462. The lowest BCUT2D eigenvalue weighted by atomic mass is 10.2. The third-order valence-corrected chi connectivity index (χ3v) is 7.62. The molecule has 33 heavy (non-hydrogen) atoms. The molecule has 1 atom stereocenters. The van der Waals surface area contributed by atoms with E-state index in [-0.39, 0.29) is 11.2 Å². The van der Waals surface area contributed by atoms with Gasteiger partial charge in [0, 0.05) is 39.3 Å². The highest BCUT2D eigenvalue weighted by atomic mass is 32.2. The van der Waals surface area contributed by atoms with Crippen molar-refractivity contribution in [1.82, 2.24) is 20.0 Å². The van der Waals surface area contributed by atoms with Crippen molar-refractivity contribution in [3.05, 3.63) is 65.7 Å². The molecule has 3 aromatic rings. The molecule has 0 saturated carbocycles. The first kappa shape index (κ1) is 23.5. The van der Waals surface area contributed by atoms with Crippen LogP contribution in [0, 0.1) is 0 Å². The van der Waals surface area contributed by atoms with Crippen LogP contribution in [0.15, 0.2) is 58.9 Å². The van der Waals surface area contributed by atoms with E-state index in [9.17, 15) is 4.79 Å². The van der Waals surface area contributed by atoms with Gasteiger partial charge >= 0.3 is 0 Å². The highest BCUT2D eigenvalue weighted by Crippen LogP contribution is 2.30. The van der Waals surface area contributed by atoms with Crippen molar-refractivity contribution in [2.24, 2.45) is 0 Å². The first-order valence-electron chi connectivity index (χ1n) is 11.0. The minimum absolute atomic E-state index is 0.169. The van der Waals surface area contributed by atoms with Gasteiger partial charge < -0.3 is 15.0 Å². The van der Waals surface area contributed by atoms with Gasteiger partial charge in [-0.3, -0.25) is 9.69 Å². The number of piperazine rings is 1. The summed E-state index contributed by atoms with van der Waals surface area (Å²) in [4.78, 5) is 17.3. The fourth-order valence-corrected chi connectivity index (χ4v) is 5.65. The third-order valence-electron chi connectivity index (χ3n) is 5.57. The monoisotopic (exact) mass is 483 g/mol. The van der Waals surface area contributed by atoms with Gasteiger partial charge in [-0.1, -0.05) is 65.6 Å². The zero-order chi connectivity index (χ0) is 23.0. The van der Waals surface area contributed by atoms with Crippen LogP contribution in [0.2, 0.25) is 0 Å². The Morgan fingerprint density at radius 1 is 1.06 bits per heavy atom. The smallest absolute Gasteiger partial charge is 0.235 e. The second kappa shape index (κ2) is 11.5. The van der Waals surface area contributed by atoms with Gasteiger partial charge in [-0.25, -0.2) is 0 Å². The van der Waals surface area contributed by atoms with Gasteiger partial charge in [-0.2, -0.15) is 0 Å². The van der Waals surface area contributed by atoms with Crippen LogP contribution in [-0.2, 0) is 17.9 Å². The van der Waals surface area contributed by atoms with Crippen LogP contribution in [0.3, 0.4) is 0 Å². The molecule has 0 radical (unpaired) electrons. The first-order chi connectivity index (χ1) is 16.1. The Bertz CT molecular complexity index is 1020. The normalized spacial score (nSPS) is 15.3. The largest absolute Gasteiger partial charge is 0.497 e. The highest BCUT2D eigenvalue weighted by Gasteiger charge is 2.26. The fourth-order valence-electron chi connectivity index (χ4n) is 3.68. The lowest BCUT2D eigenvalue weighted by Crippen LogP contribution is -2.50. The number of rotatable bonds is 9. The SMILES string of the molecule is COc1ccc(CNc2nnc(SC(C)C(=O)N3CCN(Cc4ccccc4)CC3)s2)cc1. The van der Waals surface area contributed by atoms with Gasteiger partial charge in [-0.15, -0.1) is 10.2 Å². The summed E-state index contributed by atoms with van der Waals surface area (Å²) in [5.41, 5.74) is 2.45. The van der Waals surface area contributed by atoms with Gasteiger partial charge in [0.1, 0.15) is 5.75 Å². The Labute approximate surface area is 203 Å². The molecule has 174 valence electrons. The van der Waals surface area contributed by atoms with E-state index in [2.05, 4.69) is 44.7 Å². The van der Waals surface area contributed by atoms with E-state index in [1.54, 1.807) is 7.11 Å². The Kier molecular flexibility index (Phi) is 8.20. The second-order valence-electron chi connectivity index (χ2n) is 7.92. The van der Waals surface area contributed by atoms with Crippen molar-refractivity contribution < 1.29 is 9.53 Å². The second-order valence-corrected chi connectivity index (χ2v) is 10.5. The number of methoxy groups -OCH3 is 1. The maximum Gasteiger partial charge on any atom is 0.235 e. The van der Waals surface area contributed by atoms with Crippen molar-refractivity contribution >= 4 is 34.1 Å². The Morgan fingerprint density at radius 3 is 2.48 bits per heavy atom. The predicted molar refractivity (Wildman–Crippen MR) is 134 cm³/mol. The maximum absolute atomic E-state index is 13.0. The topological polar surface area (TPSA) is 70.6 Å². The summed E-state index contributed by atoms with van der Waals surface area (Å²) in [5.74, 6) is 1.01. The molecule has 1 aliphatic rings. The molecule has 0 aliphatic carbocycles. The van der Waals surface area contributed by atoms with Crippen LogP contribution in [0.4, 0.5) is 5.13 Å². The highest BCUT2D eigenvalue weighted by molar-refractivity contribution is 8.02. The lowest BCUT2D eigenvalue weighted by Gasteiger charge is -2.35. The molecule has 1 N–H and O–H groups in total. The number of aromatic nitrogens is 2. The van der Waals surface area contributed by atoms with E-state index in [1.165, 1.54) is 28.7 Å².